The number of aromatic nitrogens is 1. The van der Waals surface area contributed by atoms with Gasteiger partial charge in [0.05, 0.1) is 11.3 Å². The average molecular weight is 274 g/mol. The van der Waals surface area contributed by atoms with Gasteiger partial charge in [0, 0.05) is 18.7 Å². The van der Waals surface area contributed by atoms with Crippen molar-refractivity contribution in [3.63, 3.8) is 0 Å². The minimum atomic E-state index is -0.897. The highest BCUT2D eigenvalue weighted by Crippen LogP contribution is 2.17. The molecule has 0 aliphatic heterocycles. The van der Waals surface area contributed by atoms with Crippen molar-refractivity contribution in [1.82, 2.24) is 10.1 Å². The molecule has 20 heavy (non-hydrogen) atoms. The van der Waals surface area contributed by atoms with E-state index in [9.17, 15) is 9.90 Å². The van der Waals surface area contributed by atoms with Crippen molar-refractivity contribution >= 4 is 5.97 Å². The number of hydrogen-bond acceptors (Lipinski definition) is 4. The van der Waals surface area contributed by atoms with E-state index in [-0.39, 0.29) is 0 Å². The maximum absolute atomic E-state index is 11.2. The normalized spacial score (nSPS) is 11.0. The molecule has 0 fully saturated rings. The van der Waals surface area contributed by atoms with E-state index in [0.29, 0.717) is 18.7 Å². The molecule has 1 aromatic heterocycles. The first-order valence-electron chi connectivity index (χ1n) is 6.40. The number of rotatable bonds is 5. The van der Waals surface area contributed by atoms with Crippen molar-refractivity contribution in [2.45, 2.75) is 26.9 Å². The summed E-state index contributed by atoms with van der Waals surface area (Å²) in [4.78, 5) is 13.2. The molecule has 1 aromatic carbocycles. The average Bonchev–Trinajstić information content (AvgIpc) is 2.71. The zero-order chi connectivity index (χ0) is 14.7. The lowest BCUT2D eigenvalue weighted by atomic mass is 10.1. The fourth-order valence-electron chi connectivity index (χ4n) is 2.21. The fourth-order valence-corrected chi connectivity index (χ4v) is 2.21. The molecule has 106 valence electrons. The molecule has 0 unspecified atom stereocenters. The zero-order valence-corrected chi connectivity index (χ0v) is 11.9. The van der Waals surface area contributed by atoms with Crippen molar-refractivity contribution in [3.05, 3.63) is 52.4 Å². The first kappa shape index (κ1) is 14.3. The Bertz CT molecular complexity index is 600. The maximum atomic E-state index is 11.2. The van der Waals surface area contributed by atoms with E-state index >= 15 is 0 Å². The molecule has 1 heterocycles. The Morgan fingerprint density at radius 2 is 2.00 bits per heavy atom. The summed E-state index contributed by atoms with van der Waals surface area (Å²) in [6.07, 6.45) is 0. The van der Waals surface area contributed by atoms with Gasteiger partial charge in [-0.15, -0.1) is 0 Å². The molecule has 1 N–H and O–H groups in total. The molecule has 0 spiro atoms. The van der Waals surface area contributed by atoms with Crippen molar-refractivity contribution in [2.24, 2.45) is 0 Å². The third kappa shape index (κ3) is 3.05. The number of hydrogen-bond donors (Lipinski definition) is 1. The van der Waals surface area contributed by atoms with Crippen LogP contribution in [-0.4, -0.2) is 28.2 Å². The predicted molar refractivity (Wildman–Crippen MR) is 74.5 cm³/mol. The van der Waals surface area contributed by atoms with Crippen LogP contribution in [0.3, 0.4) is 0 Å². The number of benzene rings is 1. The summed E-state index contributed by atoms with van der Waals surface area (Å²) in [5.41, 5.74) is 3.08. The number of nitrogens with zero attached hydrogens (tertiary/aromatic N) is 2. The van der Waals surface area contributed by atoms with E-state index in [0.717, 1.165) is 22.6 Å². The van der Waals surface area contributed by atoms with E-state index < -0.39 is 5.97 Å². The van der Waals surface area contributed by atoms with E-state index in [1.807, 2.05) is 37.9 Å². The van der Waals surface area contributed by atoms with Gasteiger partial charge in [-0.25, -0.2) is 4.79 Å². The lowest BCUT2D eigenvalue weighted by Gasteiger charge is -2.17. The molecule has 0 saturated carbocycles. The Hall–Kier alpha value is -2.14. The molecular formula is C15H18N2O3. The summed E-state index contributed by atoms with van der Waals surface area (Å²) < 4.78 is 5.14. The lowest BCUT2D eigenvalue weighted by molar-refractivity contribution is 0.0694. The summed E-state index contributed by atoms with van der Waals surface area (Å²) in [5, 5.41) is 13.1. The van der Waals surface area contributed by atoms with Crippen molar-refractivity contribution in [3.8, 4) is 0 Å². The van der Waals surface area contributed by atoms with E-state index in [4.69, 9.17) is 4.52 Å². The molecule has 0 saturated heterocycles. The first-order valence-corrected chi connectivity index (χ1v) is 6.40. The van der Waals surface area contributed by atoms with Crippen LogP contribution in [0, 0.1) is 13.8 Å². The third-order valence-corrected chi connectivity index (χ3v) is 3.30. The van der Waals surface area contributed by atoms with Crippen LogP contribution >= 0.6 is 0 Å². The Morgan fingerprint density at radius 3 is 2.60 bits per heavy atom. The van der Waals surface area contributed by atoms with Crippen LogP contribution in [-0.2, 0) is 13.1 Å². The second-order valence-electron chi connectivity index (χ2n) is 4.94. The number of aryl methyl sites for hydroxylation is 2. The van der Waals surface area contributed by atoms with E-state index in [1.54, 1.807) is 12.1 Å². The number of aromatic carboxylic acids is 1. The van der Waals surface area contributed by atoms with E-state index in [1.165, 1.54) is 0 Å². The molecular weight excluding hydrogens is 256 g/mol. The van der Waals surface area contributed by atoms with E-state index in [2.05, 4.69) is 5.16 Å². The minimum Gasteiger partial charge on any atom is -0.478 e. The van der Waals surface area contributed by atoms with Crippen molar-refractivity contribution in [1.29, 1.82) is 0 Å². The van der Waals surface area contributed by atoms with Crippen LogP contribution < -0.4 is 0 Å². The molecule has 2 rings (SSSR count). The highest BCUT2D eigenvalue weighted by atomic mass is 16.5. The van der Waals surface area contributed by atoms with Gasteiger partial charge in [-0.3, -0.25) is 4.90 Å². The third-order valence-electron chi connectivity index (χ3n) is 3.30. The van der Waals surface area contributed by atoms with Crippen LogP contribution in [0.5, 0.6) is 0 Å². The molecule has 0 amide bonds. The summed E-state index contributed by atoms with van der Waals surface area (Å²) in [6, 6.07) is 7.06. The molecule has 0 aliphatic carbocycles. The zero-order valence-electron chi connectivity index (χ0n) is 11.9. The Kier molecular flexibility index (Phi) is 4.20. The van der Waals surface area contributed by atoms with Crippen LogP contribution in [0.25, 0.3) is 0 Å². The highest BCUT2D eigenvalue weighted by Gasteiger charge is 2.14. The van der Waals surface area contributed by atoms with Gasteiger partial charge in [0.1, 0.15) is 5.76 Å². The molecule has 0 atom stereocenters. The monoisotopic (exact) mass is 274 g/mol. The standard InChI is InChI=1S/C15H18N2O3/c1-10-14(11(2)20-16-10)9-17(3)8-12-6-4-5-7-13(12)15(18)19/h4-7H,8-9H2,1-3H3,(H,18,19). The van der Waals surface area contributed by atoms with Gasteiger partial charge in [-0.2, -0.15) is 0 Å². The summed E-state index contributed by atoms with van der Waals surface area (Å²) in [5.74, 6) is -0.0905. The van der Waals surface area contributed by atoms with Crippen LogP contribution in [0.2, 0.25) is 0 Å². The summed E-state index contributed by atoms with van der Waals surface area (Å²) in [6.45, 7) is 5.03. The number of carbonyl (C=O) groups is 1. The summed E-state index contributed by atoms with van der Waals surface area (Å²) in [7, 11) is 1.95. The summed E-state index contributed by atoms with van der Waals surface area (Å²) >= 11 is 0. The van der Waals surface area contributed by atoms with Crippen molar-refractivity contribution in [2.75, 3.05) is 7.05 Å². The van der Waals surface area contributed by atoms with Gasteiger partial charge in [0.25, 0.3) is 0 Å². The Morgan fingerprint density at radius 1 is 1.30 bits per heavy atom. The van der Waals surface area contributed by atoms with Gasteiger partial charge < -0.3 is 9.63 Å². The molecule has 5 nitrogen and oxygen atoms in total. The SMILES string of the molecule is Cc1noc(C)c1CN(C)Cc1ccccc1C(=O)O. The molecule has 0 aliphatic rings. The maximum Gasteiger partial charge on any atom is 0.336 e. The quantitative estimate of drug-likeness (QED) is 0.907. The Labute approximate surface area is 117 Å². The topological polar surface area (TPSA) is 66.6 Å². The largest absolute Gasteiger partial charge is 0.478 e. The first-order chi connectivity index (χ1) is 9.49. The molecule has 0 radical (unpaired) electrons. The second kappa shape index (κ2) is 5.88. The lowest BCUT2D eigenvalue weighted by Crippen LogP contribution is -2.19. The van der Waals surface area contributed by atoms with Crippen LogP contribution in [0.15, 0.2) is 28.8 Å². The Balaban J connectivity index is 2.13. The van der Waals surface area contributed by atoms with Gasteiger partial charge in [0.2, 0.25) is 0 Å². The van der Waals surface area contributed by atoms with Gasteiger partial charge in [-0.05, 0) is 32.5 Å². The van der Waals surface area contributed by atoms with Gasteiger partial charge in [0.15, 0.2) is 0 Å². The smallest absolute Gasteiger partial charge is 0.336 e. The number of carboxylic acids is 1. The predicted octanol–water partition coefficient (Wildman–Crippen LogP) is 2.62. The molecule has 0 bridgehead atoms. The second-order valence-corrected chi connectivity index (χ2v) is 4.94. The fraction of sp³-hybridized carbons (Fsp3) is 0.333. The van der Waals surface area contributed by atoms with Crippen LogP contribution in [0.1, 0.15) is 32.9 Å². The van der Waals surface area contributed by atoms with Gasteiger partial charge >= 0.3 is 5.97 Å². The highest BCUT2D eigenvalue weighted by molar-refractivity contribution is 5.89. The minimum absolute atomic E-state index is 0.345. The van der Waals surface area contributed by atoms with Crippen molar-refractivity contribution < 1.29 is 14.4 Å². The molecule has 2 aromatic rings. The van der Waals surface area contributed by atoms with Gasteiger partial charge in [-0.1, -0.05) is 23.4 Å². The molecule has 5 heteroatoms. The number of carboxylic acid groups (broad SMARTS) is 1. The van der Waals surface area contributed by atoms with Crippen LogP contribution in [0.4, 0.5) is 0 Å².